The Kier molecular flexibility index (Phi) is 2.47. The van der Waals surface area contributed by atoms with Crippen molar-refractivity contribution in [2.75, 3.05) is 20.6 Å². The van der Waals surface area contributed by atoms with E-state index in [9.17, 15) is 13.2 Å². The Balaban J connectivity index is 2.64. The van der Waals surface area contributed by atoms with Gasteiger partial charge in [0.2, 0.25) is 0 Å². The van der Waals surface area contributed by atoms with E-state index in [4.69, 9.17) is 0 Å². The van der Waals surface area contributed by atoms with Crippen molar-refractivity contribution < 1.29 is 13.2 Å². The van der Waals surface area contributed by atoms with Crippen molar-refractivity contribution in [2.24, 2.45) is 0 Å². The summed E-state index contributed by atoms with van der Waals surface area (Å²) < 4.78 is 26.5. The van der Waals surface area contributed by atoms with E-state index in [-0.39, 0.29) is 10.6 Å². The maximum Gasteiger partial charge on any atom is 0.260 e. The molecule has 1 amide bonds. The van der Waals surface area contributed by atoms with Crippen molar-refractivity contribution in [2.45, 2.75) is 11.6 Å². The highest BCUT2D eigenvalue weighted by atomic mass is 32.2. The molecule has 7 nitrogen and oxygen atoms in total. The SMILES string of the molecule is CNC(=O)c1cnn2c1S(=O)(=O)N(C)CC2. The van der Waals surface area contributed by atoms with Crippen LogP contribution in [0.15, 0.2) is 11.2 Å². The third-order valence-electron chi connectivity index (χ3n) is 2.54. The Morgan fingerprint density at radius 3 is 2.81 bits per heavy atom. The number of nitrogens with zero attached hydrogens (tertiary/aromatic N) is 3. The summed E-state index contributed by atoms with van der Waals surface area (Å²) in [5.74, 6) is -0.444. The molecule has 16 heavy (non-hydrogen) atoms. The molecule has 0 bridgehead atoms. The molecule has 2 heterocycles. The second-order valence-electron chi connectivity index (χ2n) is 3.49. The average molecular weight is 244 g/mol. The van der Waals surface area contributed by atoms with Crippen LogP contribution in [0.25, 0.3) is 0 Å². The minimum atomic E-state index is -3.59. The zero-order chi connectivity index (χ0) is 11.9. The number of fused-ring (bicyclic) bond motifs is 1. The Morgan fingerprint density at radius 1 is 1.50 bits per heavy atom. The number of hydrogen-bond donors (Lipinski definition) is 1. The zero-order valence-electron chi connectivity index (χ0n) is 8.97. The number of carbonyl (C=O) groups excluding carboxylic acids is 1. The molecule has 8 heteroatoms. The Hall–Kier alpha value is -1.41. The van der Waals surface area contributed by atoms with Crippen LogP contribution in [0.4, 0.5) is 0 Å². The molecule has 1 aliphatic heterocycles. The van der Waals surface area contributed by atoms with Gasteiger partial charge in [0, 0.05) is 20.6 Å². The fourth-order valence-corrected chi connectivity index (χ4v) is 3.04. The summed E-state index contributed by atoms with van der Waals surface area (Å²) in [5.41, 5.74) is 0.0917. The van der Waals surface area contributed by atoms with Gasteiger partial charge in [0.25, 0.3) is 15.9 Å². The number of likely N-dealkylation sites (N-methyl/N-ethyl adjacent to an activating group) is 1. The van der Waals surface area contributed by atoms with Gasteiger partial charge in [-0.05, 0) is 0 Å². The van der Waals surface area contributed by atoms with Crippen LogP contribution in [-0.2, 0) is 16.6 Å². The van der Waals surface area contributed by atoms with E-state index in [1.165, 1.54) is 29.3 Å². The van der Waals surface area contributed by atoms with E-state index in [0.29, 0.717) is 13.1 Å². The minimum Gasteiger partial charge on any atom is -0.355 e. The van der Waals surface area contributed by atoms with Crippen molar-refractivity contribution in [3.8, 4) is 0 Å². The third-order valence-corrected chi connectivity index (χ3v) is 4.47. The fraction of sp³-hybridized carbons (Fsp3) is 0.500. The van der Waals surface area contributed by atoms with Crippen molar-refractivity contribution >= 4 is 15.9 Å². The van der Waals surface area contributed by atoms with Gasteiger partial charge in [-0.15, -0.1) is 0 Å². The van der Waals surface area contributed by atoms with Gasteiger partial charge in [-0.25, -0.2) is 8.42 Å². The molecule has 1 N–H and O–H groups in total. The molecule has 1 aromatic rings. The maximum absolute atomic E-state index is 12.0. The van der Waals surface area contributed by atoms with E-state index >= 15 is 0 Å². The van der Waals surface area contributed by atoms with Gasteiger partial charge in [0.05, 0.1) is 18.3 Å². The Morgan fingerprint density at radius 2 is 2.19 bits per heavy atom. The average Bonchev–Trinajstić information content (AvgIpc) is 2.68. The molecular weight excluding hydrogens is 232 g/mol. The third kappa shape index (κ3) is 1.41. The normalized spacial score (nSPS) is 19.1. The predicted molar refractivity (Wildman–Crippen MR) is 55.4 cm³/mol. The largest absolute Gasteiger partial charge is 0.355 e. The summed E-state index contributed by atoms with van der Waals surface area (Å²) in [6.07, 6.45) is 1.28. The number of aromatic nitrogens is 2. The first kappa shape index (κ1) is 11.1. The first-order chi connectivity index (χ1) is 7.48. The van der Waals surface area contributed by atoms with Crippen molar-refractivity contribution in [1.29, 1.82) is 0 Å². The van der Waals surface area contributed by atoms with Gasteiger partial charge in [0.1, 0.15) is 0 Å². The van der Waals surface area contributed by atoms with E-state index in [2.05, 4.69) is 10.4 Å². The predicted octanol–water partition coefficient (Wildman–Crippen LogP) is -1.12. The number of nitrogens with one attached hydrogen (secondary N) is 1. The summed E-state index contributed by atoms with van der Waals surface area (Å²) >= 11 is 0. The lowest BCUT2D eigenvalue weighted by atomic mass is 10.3. The number of sulfonamides is 1. The first-order valence-electron chi connectivity index (χ1n) is 4.72. The van der Waals surface area contributed by atoms with Crippen molar-refractivity contribution in [3.05, 3.63) is 11.8 Å². The van der Waals surface area contributed by atoms with Gasteiger partial charge in [-0.1, -0.05) is 0 Å². The smallest absolute Gasteiger partial charge is 0.260 e. The van der Waals surface area contributed by atoms with Crippen LogP contribution in [0.1, 0.15) is 10.4 Å². The minimum absolute atomic E-state index is 0.0272. The van der Waals surface area contributed by atoms with E-state index in [0.717, 1.165) is 0 Å². The Labute approximate surface area is 93.1 Å². The highest BCUT2D eigenvalue weighted by molar-refractivity contribution is 7.89. The molecule has 0 saturated carbocycles. The maximum atomic E-state index is 12.0. The molecular formula is C8H12N4O3S. The first-order valence-corrected chi connectivity index (χ1v) is 6.16. The van der Waals surface area contributed by atoms with E-state index < -0.39 is 15.9 Å². The number of carbonyl (C=O) groups is 1. The topological polar surface area (TPSA) is 84.3 Å². The van der Waals surface area contributed by atoms with Crippen LogP contribution < -0.4 is 5.32 Å². The zero-order valence-corrected chi connectivity index (χ0v) is 9.78. The molecule has 1 aromatic heterocycles. The van der Waals surface area contributed by atoms with Crippen molar-refractivity contribution in [3.63, 3.8) is 0 Å². The molecule has 0 aliphatic carbocycles. The quantitative estimate of drug-likeness (QED) is 0.678. The molecule has 0 unspecified atom stereocenters. The number of amides is 1. The van der Waals surface area contributed by atoms with Gasteiger partial charge in [0.15, 0.2) is 5.03 Å². The van der Waals surface area contributed by atoms with Crippen LogP contribution in [0.2, 0.25) is 0 Å². The van der Waals surface area contributed by atoms with Gasteiger partial charge >= 0.3 is 0 Å². The molecule has 88 valence electrons. The fourth-order valence-electron chi connectivity index (χ4n) is 1.60. The summed E-state index contributed by atoms with van der Waals surface area (Å²) in [6, 6.07) is 0. The van der Waals surface area contributed by atoms with Crippen LogP contribution in [0.3, 0.4) is 0 Å². The van der Waals surface area contributed by atoms with E-state index in [1.807, 2.05) is 0 Å². The van der Waals surface area contributed by atoms with E-state index in [1.54, 1.807) is 0 Å². The van der Waals surface area contributed by atoms with Crippen LogP contribution in [0, 0.1) is 0 Å². The number of hydrogen-bond acceptors (Lipinski definition) is 4. The highest BCUT2D eigenvalue weighted by Gasteiger charge is 2.34. The molecule has 0 spiro atoms. The van der Waals surface area contributed by atoms with Crippen LogP contribution in [-0.4, -0.2) is 49.1 Å². The Bertz CT molecular complexity index is 533. The molecule has 1 aliphatic rings. The molecule has 0 fully saturated rings. The summed E-state index contributed by atoms with van der Waals surface area (Å²) in [7, 11) is -0.655. The lowest BCUT2D eigenvalue weighted by molar-refractivity contribution is 0.0959. The standard InChI is InChI=1S/C8H12N4O3S/c1-9-7(13)6-5-10-12-4-3-11(2)16(14,15)8(6)12/h5H,3-4H2,1-2H3,(H,9,13). The van der Waals surface area contributed by atoms with Gasteiger partial charge in [-0.2, -0.15) is 9.40 Å². The molecule has 0 aromatic carbocycles. The second kappa shape index (κ2) is 3.56. The number of rotatable bonds is 1. The highest BCUT2D eigenvalue weighted by Crippen LogP contribution is 2.22. The second-order valence-corrected chi connectivity index (χ2v) is 5.45. The summed E-state index contributed by atoms with van der Waals surface area (Å²) in [6.45, 7) is 0.826. The van der Waals surface area contributed by atoms with Gasteiger partial charge < -0.3 is 5.32 Å². The van der Waals surface area contributed by atoms with Gasteiger partial charge in [-0.3, -0.25) is 9.48 Å². The molecule has 0 saturated heterocycles. The summed E-state index contributed by atoms with van der Waals surface area (Å²) in [5, 5.41) is 6.27. The molecule has 2 rings (SSSR count). The lowest BCUT2D eigenvalue weighted by Gasteiger charge is -2.23. The molecule has 0 radical (unpaired) electrons. The van der Waals surface area contributed by atoms with Crippen molar-refractivity contribution in [1.82, 2.24) is 19.4 Å². The monoisotopic (exact) mass is 244 g/mol. The lowest BCUT2D eigenvalue weighted by Crippen LogP contribution is -2.38. The van der Waals surface area contributed by atoms with Crippen LogP contribution >= 0.6 is 0 Å². The van der Waals surface area contributed by atoms with Crippen LogP contribution in [0.5, 0.6) is 0 Å². The summed E-state index contributed by atoms with van der Waals surface area (Å²) in [4.78, 5) is 11.5. The molecule has 0 atom stereocenters.